The van der Waals surface area contributed by atoms with E-state index in [1.165, 1.54) is 18.5 Å². The average Bonchev–Trinajstić information content (AvgIpc) is 3.08. The van der Waals surface area contributed by atoms with Crippen molar-refractivity contribution in [2.75, 3.05) is 13.6 Å². The van der Waals surface area contributed by atoms with Gasteiger partial charge < -0.3 is 9.88 Å². The van der Waals surface area contributed by atoms with E-state index in [4.69, 9.17) is 0 Å². The van der Waals surface area contributed by atoms with Crippen LogP contribution in [0.25, 0.3) is 0 Å². The number of nitrogens with one attached hydrogen (secondary N) is 1. The third-order valence-corrected chi connectivity index (χ3v) is 3.63. The lowest BCUT2D eigenvalue weighted by molar-refractivity contribution is 0.224. The lowest BCUT2D eigenvalue weighted by Crippen LogP contribution is -2.35. The van der Waals surface area contributed by atoms with Gasteiger partial charge in [0.25, 0.3) is 0 Å². The van der Waals surface area contributed by atoms with Crippen LogP contribution in [-0.2, 0) is 13.1 Å². The van der Waals surface area contributed by atoms with Crippen LogP contribution in [0.3, 0.4) is 0 Å². The van der Waals surface area contributed by atoms with E-state index in [1.54, 1.807) is 0 Å². The van der Waals surface area contributed by atoms with Gasteiger partial charge in [-0.3, -0.25) is 4.90 Å². The molecule has 96 valence electrons. The fourth-order valence-corrected chi connectivity index (χ4v) is 2.17. The SMILES string of the molecule is CCNCc1cncn1CC(C)N(C)C1CC1. The Hall–Kier alpha value is -0.870. The molecule has 4 heteroatoms. The highest BCUT2D eigenvalue weighted by atomic mass is 15.2. The third kappa shape index (κ3) is 3.30. The molecule has 0 radical (unpaired) electrons. The van der Waals surface area contributed by atoms with Gasteiger partial charge in [-0.2, -0.15) is 0 Å². The molecule has 1 atom stereocenters. The molecule has 0 amide bonds. The van der Waals surface area contributed by atoms with E-state index in [0.717, 1.165) is 25.7 Å². The Morgan fingerprint density at radius 1 is 1.59 bits per heavy atom. The Morgan fingerprint density at radius 2 is 2.35 bits per heavy atom. The molecular weight excluding hydrogens is 212 g/mol. The Labute approximate surface area is 104 Å². The van der Waals surface area contributed by atoms with Crippen molar-refractivity contribution >= 4 is 0 Å². The zero-order chi connectivity index (χ0) is 12.3. The second-order valence-electron chi connectivity index (χ2n) is 5.06. The summed E-state index contributed by atoms with van der Waals surface area (Å²) in [7, 11) is 2.24. The number of hydrogen-bond donors (Lipinski definition) is 1. The summed E-state index contributed by atoms with van der Waals surface area (Å²) in [5.41, 5.74) is 1.28. The maximum atomic E-state index is 4.25. The van der Waals surface area contributed by atoms with E-state index in [9.17, 15) is 0 Å². The summed E-state index contributed by atoms with van der Waals surface area (Å²) in [6, 6.07) is 1.41. The molecule has 0 aromatic carbocycles. The van der Waals surface area contributed by atoms with E-state index in [2.05, 4.69) is 40.7 Å². The van der Waals surface area contributed by atoms with E-state index >= 15 is 0 Å². The van der Waals surface area contributed by atoms with Crippen LogP contribution in [0.1, 0.15) is 32.4 Å². The van der Waals surface area contributed by atoms with Gasteiger partial charge in [-0.05, 0) is 33.4 Å². The van der Waals surface area contributed by atoms with Gasteiger partial charge in [-0.15, -0.1) is 0 Å². The van der Waals surface area contributed by atoms with Crippen molar-refractivity contribution in [1.29, 1.82) is 0 Å². The van der Waals surface area contributed by atoms with E-state index in [-0.39, 0.29) is 0 Å². The maximum absolute atomic E-state index is 4.25. The molecule has 0 spiro atoms. The molecule has 17 heavy (non-hydrogen) atoms. The van der Waals surface area contributed by atoms with Crippen molar-refractivity contribution in [3.8, 4) is 0 Å². The minimum atomic E-state index is 0.581. The molecule has 1 unspecified atom stereocenters. The summed E-state index contributed by atoms with van der Waals surface area (Å²) in [6.45, 7) is 7.38. The van der Waals surface area contributed by atoms with Crippen LogP contribution in [0, 0.1) is 0 Å². The molecule has 4 nitrogen and oxygen atoms in total. The second kappa shape index (κ2) is 5.65. The number of aromatic nitrogens is 2. The Kier molecular flexibility index (Phi) is 4.18. The first-order valence-corrected chi connectivity index (χ1v) is 6.64. The van der Waals surface area contributed by atoms with Gasteiger partial charge in [0.05, 0.1) is 12.0 Å². The molecule has 1 aromatic heterocycles. The molecule has 0 bridgehead atoms. The van der Waals surface area contributed by atoms with Crippen molar-refractivity contribution in [2.45, 2.75) is 51.9 Å². The fourth-order valence-electron chi connectivity index (χ4n) is 2.17. The molecule has 1 aromatic rings. The normalized spacial score (nSPS) is 17.6. The van der Waals surface area contributed by atoms with Gasteiger partial charge in [-0.25, -0.2) is 4.98 Å². The third-order valence-electron chi connectivity index (χ3n) is 3.63. The predicted molar refractivity (Wildman–Crippen MR) is 69.9 cm³/mol. The Bertz CT molecular complexity index is 343. The number of imidazole rings is 1. The van der Waals surface area contributed by atoms with Gasteiger partial charge in [0.2, 0.25) is 0 Å². The van der Waals surface area contributed by atoms with Gasteiger partial charge in [0, 0.05) is 31.4 Å². The molecule has 1 N–H and O–H groups in total. The highest BCUT2D eigenvalue weighted by Crippen LogP contribution is 2.27. The second-order valence-corrected chi connectivity index (χ2v) is 5.06. The lowest BCUT2D eigenvalue weighted by atomic mass is 10.3. The maximum Gasteiger partial charge on any atom is 0.0949 e. The Balaban J connectivity index is 1.90. The van der Waals surface area contributed by atoms with Gasteiger partial charge in [-0.1, -0.05) is 6.92 Å². The summed E-state index contributed by atoms with van der Waals surface area (Å²) in [5, 5.41) is 3.35. The van der Waals surface area contributed by atoms with E-state index in [1.807, 2.05) is 12.5 Å². The molecule has 0 aliphatic heterocycles. The number of rotatable bonds is 7. The van der Waals surface area contributed by atoms with Crippen LogP contribution in [-0.4, -0.2) is 40.1 Å². The summed E-state index contributed by atoms with van der Waals surface area (Å²) in [6.07, 6.45) is 6.65. The van der Waals surface area contributed by atoms with Crippen molar-refractivity contribution < 1.29 is 0 Å². The molecule has 1 aliphatic carbocycles. The highest BCUT2D eigenvalue weighted by molar-refractivity contribution is 4.99. The zero-order valence-electron chi connectivity index (χ0n) is 11.2. The van der Waals surface area contributed by atoms with Crippen LogP contribution in [0.5, 0.6) is 0 Å². The quantitative estimate of drug-likeness (QED) is 0.778. The number of hydrogen-bond acceptors (Lipinski definition) is 3. The van der Waals surface area contributed by atoms with Crippen LogP contribution >= 0.6 is 0 Å². The highest BCUT2D eigenvalue weighted by Gasteiger charge is 2.29. The van der Waals surface area contributed by atoms with Gasteiger partial charge >= 0.3 is 0 Å². The first-order valence-electron chi connectivity index (χ1n) is 6.64. The lowest BCUT2D eigenvalue weighted by Gasteiger charge is -2.25. The molecule has 0 saturated heterocycles. The van der Waals surface area contributed by atoms with Crippen LogP contribution < -0.4 is 5.32 Å². The first kappa shape index (κ1) is 12.6. The van der Waals surface area contributed by atoms with E-state index < -0.39 is 0 Å². The average molecular weight is 236 g/mol. The summed E-state index contributed by atoms with van der Waals surface area (Å²) in [5.74, 6) is 0. The van der Waals surface area contributed by atoms with Crippen molar-refractivity contribution in [3.05, 3.63) is 18.2 Å². The van der Waals surface area contributed by atoms with Gasteiger partial charge in [0.1, 0.15) is 0 Å². The summed E-state index contributed by atoms with van der Waals surface area (Å²) >= 11 is 0. The Morgan fingerprint density at radius 3 is 3.00 bits per heavy atom. The number of nitrogens with zero attached hydrogens (tertiary/aromatic N) is 3. The summed E-state index contributed by atoms with van der Waals surface area (Å²) in [4.78, 5) is 6.75. The monoisotopic (exact) mass is 236 g/mol. The summed E-state index contributed by atoms with van der Waals surface area (Å²) < 4.78 is 2.27. The molecule has 2 rings (SSSR count). The van der Waals surface area contributed by atoms with Crippen LogP contribution in [0.2, 0.25) is 0 Å². The standard InChI is InChI=1S/C13H24N4/c1-4-14-7-13-8-15-10-17(13)9-11(2)16(3)12-5-6-12/h8,10-12,14H,4-7,9H2,1-3H3. The first-order chi connectivity index (χ1) is 8.22. The van der Waals surface area contributed by atoms with Gasteiger partial charge in [0.15, 0.2) is 0 Å². The molecule has 1 saturated carbocycles. The topological polar surface area (TPSA) is 33.1 Å². The molecular formula is C13H24N4. The minimum Gasteiger partial charge on any atom is -0.332 e. The van der Waals surface area contributed by atoms with Crippen molar-refractivity contribution in [3.63, 3.8) is 0 Å². The van der Waals surface area contributed by atoms with Crippen molar-refractivity contribution in [2.24, 2.45) is 0 Å². The largest absolute Gasteiger partial charge is 0.332 e. The fraction of sp³-hybridized carbons (Fsp3) is 0.769. The zero-order valence-corrected chi connectivity index (χ0v) is 11.2. The minimum absolute atomic E-state index is 0.581. The van der Waals surface area contributed by atoms with Crippen LogP contribution in [0.15, 0.2) is 12.5 Å². The molecule has 1 fully saturated rings. The van der Waals surface area contributed by atoms with Crippen LogP contribution in [0.4, 0.5) is 0 Å². The number of likely N-dealkylation sites (N-methyl/N-ethyl adjacent to an activating group) is 1. The van der Waals surface area contributed by atoms with E-state index in [0.29, 0.717) is 6.04 Å². The molecule has 1 aliphatic rings. The smallest absolute Gasteiger partial charge is 0.0949 e. The molecule has 1 heterocycles. The van der Waals surface area contributed by atoms with Crippen molar-refractivity contribution in [1.82, 2.24) is 19.8 Å². The predicted octanol–water partition coefficient (Wildman–Crippen LogP) is 1.48.